The van der Waals surface area contributed by atoms with Gasteiger partial charge < -0.3 is 9.42 Å². The van der Waals surface area contributed by atoms with E-state index in [0.29, 0.717) is 24.7 Å². The molecule has 128 valence electrons. The second kappa shape index (κ2) is 8.08. The van der Waals surface area contributed by atoms with Gasteiger partial charge in [0, 0.05) is 38.3 Å². The third kappa shape index (κ3) is 4.22. The molecule has 1 saturated heterocycles. The van der Waals surface area contributed by atoms with Gasteiger partial charge in [0.15, 0.2) is 5.82 Å². The van der Waals surface area contributed by atoms with Gasteiger partial charge >= 0.3 is 0 Å². The number of benzene rings is 1. The highest BCUT2D eigenvalue weighted by Crippen LogP contribution is 2.27. The van der Waals surface area contributed by atoms with Crippen LogP contribution in [0.3, 0.4) is 0 Å². The molecule has 1 aliphatic rings. The van der Waals surface area contributed by atoms with Gasteiger partial charge in [0.05, 0.1) is 0 Å². The Bertz CT molecular complexity index is 654. The molecule has 0 unspecified atom stereocenters. The van der Waals surface area contributed by atoms with Crippen molar-refractivity contribution in [1.29, 1.82) is 0 Å². The number of amides is 1. The molecule has 0 radical (unpaired) electrons. The Morgan fingerprint density at radius 2 is 2.12 bits per heavy atom. The van der Waals surface area contributed by atoms with Gasteiger partial charge in [-0.1, -0.05) is 42.4 Å². The van der Waals surface area contributed by atoms with E-state index in [-0.39, 0.29) is 5.91 Å². The molecule has 1 fully saturated rings. The standard InChI is InChI=1S/C19H25N3O2/c1-2-7-17-20-18(24-21-17)10-6-11-19(23)22-13-12-16(14-22)15-8-4-3-5-9-15/h3-5,8-9,16H,2,6-7,10-14H2,1H3/t16-/m1/s1. The average Bonchev–Trinajstić information content (AvgIpc) is 3.26. The summed E-state index contributed by atoms with van der Waals surface area (Å²) in [5.41, 5.74) is 1.34. The number of hydrogen-bond acceptors (Lipinski definition) is 4. The quantitative estimate of drug-likeness (QED) is 0.782. The molecular weight excluding hydrogens is 302 g/mol. The van der Waals surface area contributed by atoms with Crippen molar-refractivity contribution in [3.05, 3.63) is 47.6 Å². The van der Waals surface area contributed by atoms with E-state index in [1.54, 1.807) is 0 Å². The molecule has 1 aliphatic heterocycles. The maximum absolute atomic E-state index is 12.4. The Morgan fingerprint density at radius 3 is 2.92 bits per heavy atom. The maximum Gasteiger partial charge on any atom is 0.226 e. The highest BCUT2D eigenvalue weighted by Gasteiger charge is 2.26. The van der Waals surface area contributed by atoms with Crippen LogP contribution >= 0.6 is 0 Å². The number of hydrogen-bond donors (Lipinski definition) is 0. The summed E-state index contributed by atoms with van der Waals surface area (Å²) in [6, 6.07) is 10.5. The molecule has 0 bridgehead atoms. The van der Waals surface area contributed by atoms with E-state index in [1.165, 1.54) is 5.56 Å². The minimum atomic E-state index is 0.238. The van der Waals surface area contributed by atoms with Crippen LogP contribution in [-0.4, -0.2) is 34.0 Å². The largest absolute Gasteiger partial charge is 0.342 e. The van der Waals surface area contributed by atoms with E-state index in [1.807, 2.05) is 11.0 Å². The van der Waals surface area contributed by atoms with Crippen molar-refractivity contribution in [2.45, 2.75) is 51.4 Å². The van der Waals surface area contributed by atoms with Crippen molar-refractivity contribution in [3.8, 4) is 0 Å². The molecule has 5 nitrogen and oxygen atoms in total. The predicted octanol–water partition coefficient (Wildman–Crippen LogP) is 3.36. The molecule has 0 N–H and O–H groups in total. The summed E-state index contributed by atoms with van der Waals surface area (Å²) in [5, 5.41) is 3.94. The van der Waals surface area contributed by atoms with Crippen LogP contribution < -0.4 is 0 Å². The minimum absolute atomic E-state index is 0.238. The Hall–Kier alpha value is -2.17. The van der Waals surface area contributed by atoms with Gasteiger partial charge in [0.1, 0.15) is 0 Å². The summed E-state index contributed by atoms with van der Waals surface area (Å²) in [6.07, 6.45) is 4.90. The normalized spacial score (nSPS) is 17.4. The highest BCUT2D eigenvalue weighted by atomic mass is 16.5. The second-order valence-corrected chi connectivity index (χ2v) is 6.44. The van der Waals surface area contributed by atoms with Crippen LogP contribution in [0.2, 0.25) is 0 Å². The van der Waals surface area contributed by atoms with Crippen LogP contribution in [0.5, 0.6) is 0 Å². The lowest BCUT2D eigenvalue weighted by Gasteiger charge is -2.16. The van der Waals surface area contributed by atoms with E-state index in [9.17, 15) is 4.79 Å². The first-order valence-corrected chi connectivity index (χ1v) is 8.90. The molecule has 2 aromatic rings. The number of aryl methyl sites for hydroxylation is 2. The molecule has 0 spiro atoms. The van der Waals surface area contributed by atoms with Crippen LogP contribution in [0.4, 0.5) is 0 Å². The van der Waals surface area contributed by atoms with Gasteiger partial charge in [-0.25, -0.2) is 0 Å². The third-order valence-corrected chi connectivity index (χ3v) is 4.58. The summed E-state index contributed by atoms with van der Waals surface area (Å²) in [6.45, 7) is 3.79. The van der Waals surface area contributed by atoms with Crippen molar-refractivity contribution in [2.75, 3.05) is 13.1 Å². The lowest BCUT2D eigenvalue weighted by atomic mass is 9.99. The van der Waals surface area contributed by atoms with Gasteiger partial charge in [-0.2, -0.15) is 4.98 Å². The first-order chi connectivity index (χ1) is 11.8. The SMILES string of the molecule is CCCc1noc(CCCC(=O)N2CC[C@@H](c3ccccc3)C2)n1. The fourth-order valence-electron chi connectivity index (χ4n) is 3.25. The van der Waals surface area contributed by atoms with Crippen molar-refractivity contribution < 1.29 is 9.32 Å². The summed E-state index contributed by atoms with van der Waals surface area (Å²) < 4.78 is 5.21. The lowest BCUT2D eigenvalue weighted by molar-refractivity contribution is -0.130. The van der Waals surface area contributed by atoms with Crippen LogP contribution in [0.1, 0.15) is 55.8 Å². The van der Waals surface area contributed by atoms with Gasteiger partial charge in [-0.15, -0.1) is 0 Å². The number of rotatable bonds is 7. The molecule has 2 heterocycles. The van der Waals surface area contributed by atoms with E-state index in [2.05, 4.69) is 41.3 Å². The Morgan fingerprint density at radius 1 is 1.29 bits per heavy atom. The summed E-state index contributed by atoms with van der Waals surface area (Å²) >= 11 is 0. The zero-order valence-electron chi connectivity index (χ0n) is 14.3. The van der Waals surface area contributed by atoms with E-state index in [0.717, 1.165) is 44.6 Å². The molecule has 1 amide bonds. The molecule has 3 rings (SSSR count). The molecule has 1 aromatic heterocycles. The number of aromatic nitrogens is 2. The van der Waals surface area contributed by atoms with Crippen LogP contribution in [0.15, 0.2) is 34.9 Å². The van der Waals surface area contributed by atoms with Gasteiger partial charge in [0.25, 0.3) is 0 Å². The van der Waals surface area contributed by atoms with Gasteiger partial charge in [0.2, 0.25) is 11.8 Å². The van der Waals surface area contributed by atoms with Crippen molar-refractivity contribution in [3.63, 3.8) is 0 Å². The molecule has 5 heteroatoms. The first kappa shape index (κ1) is 16.7. The van der Waals surface area contributed by atoms with E-state index < -0.39 is 0 Å². The smallest absolute Gasteiger partial charge is 0.226 e. The molecule has 0 aliphatic carbocycles. The van der Waals surface area contributed by atoms with Crippen molar-refractivity contribution >= 4 is 5.91 Å². The summed E-state index contributed by atoms with van der Waals surface area (Å²) in [4.78, 5) is 18.7. The topological polar surface area (TPSA) is 59.2 Å². The number of carbonyl (C=O) groups excluding carboxylic acids is 1. The third-order valence-electron chi connectivity index (χ3n) is 4.58. The predicted molar refractivity (Wildman–Crippen MR) is 91.6 cm³/mol. The number of likely N-dealkylation sites (tertiary alicyclic amines) is 1. The molecule has 0 saturated carbocycles. The lowest BCUT2D eigenvalue weighted by Crippen LogP contribution is -2.28. The summed E-state index contributed by atoms with van der Waals surface area (Å²) in [7, 11) is 0. The fraction of sp³-hybridized carbons (Fsp3) is 0.526. The summed E-state index contributed by atoms with van der Waals surface area (Å²) in [5.74, 6) is 2.13. The van der Waals surface area contributed by atoms with Gasteiger partial charge in [-0.3, -0.25) is 4.79 Å². The molecule has 1 aromatic carbocycles. The maximum atomic E-state index is 12.4. The fourth-order valence-corrected chi connectivity index (χ4v) is 3.25. The Balaban J connectivity index is 1.42. The Kier molecular flexibility index (Phi) is 5.62. The highest BCUT2D eigenvalue weighted by molar-refractivity contribution is 5.76. The van der Waals surface area contributed by atoms with Crippen LogP contribution in [0.25, 0.3) is 0 Å². The second-order valence-electron chi connectivity index (χ2n) is 6.44. The molecular formula is C19H25N3O2. The van der Waals surface area contributed by atoms with Crippen LogP contribution in [0, 0.1) is 0 Å². The zero-order chi connectivity index (χ0) is 16.8. The molecule has 1 atom stereocenters. The van der Waals surface area contributed by atoms with E-state index >= 15 is 0 Å². The monoisotopic (exact) mass is 327 g/mol. The Labute approximate surface area is 143 Å². The van der Waals surface area contributed by atoms with Gasteiger partial charge in [-0.05, 0) is 24.8 Å². The molecule has 24 heavy (non-hydrogen) atoms. The van der Waals surface area contributed by atoms with Crippen molar-refractivity contribution in [2.24, 2.45) is 0 Å². The zero-order valence-corrected chi connectivity index (χ0v) is 14.3. The van der Waals surface area contributed by atoms with Crippen LogP contribution in [-0.2, 0) is 17.6 Å². The van der Waals surface area contributed by atoms with Crippen molar-refractivity contribution in [1.82, 2.24) is 15.0 Å². The van der Waals surface area contributed by atoms with E-state index in [4.69, 9.17) is 4.52 Å². The number of carbonyl (C=O) groups is 1. The minimum Gasteiger partial charge on any atom is -0.342 e. The first-order valence-electron chi connectivity index (χ1n) is 8.90. The average molecular weight is 327 g/mol. The number of nitrogens with zero attached hydrogens (tertiary/aromatic N) is 3.